The summed E-state index contributed by atoms with van der Waals surface area (Å²) in [5, 5.41) is 3.06. The molecule has 0 fully saturated rings. The number of nitrogens with two attached hydrogens (primary N) is 1. The fraction of sp³-hybridized carbons (Fsp3) is 0.278. The number of hydrogen-bond donors (Lipinski definition) is 2. The van der Waals surface area contributed by atoms with Crippen LogP contribution < -0.4 is 20.5 Å². The molecule has 0 aliphatic carbocycles. The van der Waals surface area contributed by atoms with Crippen molar-refractivity contribution in [2.45, 2.75) is 13.3 Å². The summed E-state index contributed by atoms with van der Waals surface area (Å²) in [7, 11) is 3.32. The molecule has 0 aliphatic heterocycles. The summed E-state index contributed by atoms with van der Waals surface area (Å²) in [5.41, 5.74) is 9.08. The molecule has 0 saturated heterocycles. The van der Waals surface area contributed by atoms with Crippen LogP contribution in [0.4, 0.5) is 5.69 Å². The van der Waals surface area contributed by atoms with Gasteiger partial charge >= 0.3 is 0 Å². The second-order valence-corrected chi connectivity index (χ2v) is 5.17. The summed E-state index contributed by atoms with van der Waals surface area (Å²) >= 11 is 0. The lowest BCUT2D eigenvalue weighted by Gasteiger charge is -2.08. The number of nitrogens with one attached hydrogen (secondary N) is 1. The first-order chi connectivity index (χ1) is 11.1. The molecule has 5 heteroatoms. The lowest BCUT2D eigenvalue weighted by molar-refractivity contribution is 0.411. The Morgan fingerprint density at radius 1 is 1.09 bits per heavy atom. The molecular formula is C18H23N3O2. The Balaban J connectivity index is 1.89. The van der Waals surface area contributed by atoms with E-state index in [9.17, 15) is 0 Å². The van der Waals surface area contributed by atoms with Crippen molar-refractivity contribution in [3.63, 3.8) is 0 Å². The average molecular weight is 313 g/mol. The molecule has 0 amide bonds. The first kappa shape index (κ1) is 16.7. The van der Waals surface area contributed by atoms with Crippen molar-refractivity contribution in [3.8, 4) is 11.5 Å². The van der Waals surface area contributed by atoms with Gasteiger partial charge in [0.25, 0.3) is 0 Å². The maximum absolute atomic E-state index is 5.90. The third-order valence-corrected chi connectivity index (χ3v) is 3.52. The van der Waals surface area contributed by atoms with Crippen molar-refractivity contribution in [1.29, 1.82) is 0 Å². The van der Waals surface area contributed by atoms with Crippen LogP contribution in [0, 0.1) is 6.92 Å². The molecule has 2 aromatic rings. The van der Waals surface area contributed by atoms with Gasteiger partial charge in [-0.3, -0.25) is 4.99 Å². The zero-order valence-electron chi connectivity index (χ0n) is 13.8. The third kappa shape index (κ3) is 4.92. The van der Waals surface area contributed by atoms with Gasteiger partial charge in [0.1, 0.15) is 11.5 Å². The standard InChI is InChI=1S/C18H23N3O2/c1-13-4-5-14(12-17(13)23-3)10-11-20-18(19)21-15-6-8-16(22-2)9-7-15/h4-9,12H,10-11H2,1-3H3,(H3,19,20,21). The van der Waals surface area contributed by atoms with Crippen molar-refractivity contribution < 1.29 is 9.47 Å². The van der Waals surface area contributed by atoms with Crippen molar-refractivity contribution in [3.05, 3.63) is 53.6 Å². The first-order valence-corrected chi connectivity index (χ1v) is 7.47. The average Bonchev–Trinajstić information content (AvgIpc) is 2.57. The van der Waals surface area contributed by atoms with Crippen LogP contribution in [0.2, 0.25) is 0 Å². The molecule has 122 valence electrons. The molecule has 0 bridgehead atoms. The molecule has 0 radical (unpaired) electrons. The van der Waals surface area contributed by atoms with Crippen LogP contribution in [-0.4, -0.2) is 26.7 Å². The predicted octanol–water partition coefficient (Wildman–Crippen LogP) is 2.98. The molecular weight excluding hydrogens is 290 g/mol. The highest BCUT2D eigenvalue weighted by Crippen LogP contribution is 2.19. The van der Waals surface area contributed by atoms with Crippen LogP contribution >= 0.6 is 0 Å². The first-order valence-electron chi connectivity index (χ1n) is 7.47. The molecule has 5 nitrogen and oxygen atoms in total. The summed E-state index contributed by atoms with van der Waals surface area (Å²) in [6, 6.07) is 13.7. The lowest BCUT2D eigenvalue weighted by atomic mass is 10.1. The predicted molar refractivity (Wildman–Crippen MR) is 94.5 cm³/mol. The number of ether oxygens (including phenoxy) is 2. The normalized spacial score (nSPS) is 11.2. The number of nitrogens with zero attached hydrogens (tertiary/aromatic N) is 1. The van der Waals surface area contributed by atoms with Gasteiger partial charge in [0.05, 0.1) is 14.2 Å². The van der Waals surface area contributed by atoms with Gasteiger partial charge < -0.3 is 20.5 Å². The Morgan fingerprint density at radius 3 is 2.48 bits per heavy atom. The van der Waals surface area contributed by atoms with Crippen LogP contribution in [0.25, 0.3) is 0 Å². The SMILES string of the molecule is COc1ccc(NC(N)=NCCc2ccc(C)c(OC)c2)cc1. The Labute approximate surface area is 137 Å². The molecule has 0 saturated carbocycles. The van der Waals surface area contributed by atoms with Gasteiger partial charge in [0, 0.05) is 12.2 Å². The van der Waals surface area contributed by atoms with Crippen molar-refractivity contribution >= 4 is 11.6 Å². The molecule has 0 spiro atoms. The second kappa shape index (κ2) is 8.08. The van der Waals surface area contributed by atoms with E-state index in [2.05, 4.69) is 22.4 Å². The highest BCUT2D eigenvalue weighted by Gasteiger charge is 2.01. The van der Waals surface area contributed by atoms with Crippen LogP contribution in [0.1, 0.15) is 11.1 Å². The summed E-state index contributed by atoms with van der Waals surface area (Å²) in [6.07, 6.45) is 0.807. The minimum Gasteiger partial charge on any atom is -0.497 e. The van der Waals surface area contributed by atoms with Crippen LogP contribution in [0.5, 0.6) is 11.5 Å². The fourth-order valence-corrected chi connectivity index (χ4v) is 2.19. The zero-order chi connectivity index (χ0) is 16.7. The maximum atomic E-state index is 5.90. The van der Waals surface area contributed by atoms with Gasteiger partial charge in [-0.2, -0.15) is 0 Å². The number of rotatable bonds is 6. The topological polar surface area (TPSA) is 68.9 Å². The van der Waals surface area contributed by atoms with E-state index < -0.39 is 0 Å². The molecule has 0 heterocycles. The van der Waals surface area contributed by atoms with E-state index in [1.54, 1.807) is 14.2 Å². The molecule has 2 aromatic carbocycles. The zero-order valence-corrected chi connectivity index (χ0v) is 13.8. The Morgan fingerprint density at radius 2 is 1.83 bits per heavy atom. The largest absolute Gasteiger partial charge is 0.497 e. The number of methoxy groups -OCH3 is 2. The lowest BCUT2D eigenvalue weighted by Crippen LogP contribution is -2.23. The van der Waals surface area contributed by atoms with Crippen molar-refractivity contribution in [2.75, 3.05) is 26.1 Å². The minimum absolute atomic E-state index is 0.397. The van der Waals surface area contributed by atoms with E-state index in [1.807, 2.05) is 37.3 Å². The number of benzene rings is 2. The number of guanidine groups is 1. The van der Waals surface area contributed by atoms with E-state index in [1.165, 1.54) is 5.56 Å². The van der Waals surface area contributed by atoms with Gasteiger partial charge in [-0.25, -0.2) is 0 Å². The van der Waals surface area contributed by atoms with E-state index in [4.69, 9.17) is 15.2 Å². The molecule has 23 heavy (non-hydrogen) atoms. The molecule has 0 aromatic heterocycles. The third-order valence-electron chi connectivity index (χ3n) is 3.52. The van der Waals surface area contributed by atoms with Crippen molar-refractivity contribution in [2.24, 2.45) is 10.7 Å². The van der Waals surface area contributed by atoms with Gasteiger partial charge in [-0.05, 0) is 54.8 Å². The molecule has 2 rings (SSSR count). The van der Waals surface area contributed by atoms with Crippen LogP contribution in [0.15, 0.2) is 47.5 Å². The summed E-state index contributed by atoms with van der Waals surface area (Å²) < 4.78 is 10.4. The van der Waals surface area contributed by atoms with Crippen LogP contribution in [-0.2, 0) is 6.42 Å². The van der Waals surface area contributed by atoms with Gasteiger partial charge in [0.2, 0.25) is 0 Å². The van der Waals surface area contributed by atoms with E-state index >= 15 is 0 Å². The Kier molecular flexibility index (Phi) is 5.86. The second-order valence-electron chi connectivity index (χ2n) is 5.17. The number of aryl methyl sites for hydroxylation is 1. The van der Waals surface area contributed by atoms with Gasteiger partial charge in [0.15, 0.2) is 5.96 Å². The number of anilines is 1. The summed E-state index contributed by atoms with van der Waals surface area (Å²) in [5.74, 6) is 2.10. The highest BCUT2D eigenvalue weighted by atomic mass is 16.5. The van der Waals surface area contributed by atoms with E-state index in [-0.39, 0.29) is 0 Å². The molecule has 3 N–H and O–H groups in total. The van der Waals surface area contributed by atoms with Gasteiger partial charge in [-0.15, -0.1) is 0 Å². The summed E-state index contributed by atoms with van der Waals surface area (Å²) in [4.78, 5) is 4.35. The van der Waals surface area contributed by atoms with E-state index in [0.717, 1.165) is 29.2 Å². The highest BCUT2D eigenvalue weighted by molar-refractivity contribution is 5.92. The Bertz CT molecular complexity index is 666. The maximum Gasteiger partial charge on any atom is 0.193 e. The minimum atomic E-state index is 0.397. The van der Waals surface area contributed by atoms with Gasteiger partial charge in [-0.1, -0.05) is 12.1 Å². The number of hydrogen-bond acceptors (Lipinski definition) is 3. The monoisotopic (exact) mass is 313 g/mol. The Hall–Kier alpha value is -2.69. The van der Waals surface area contributed by atoms with Crippen LogP contribution in [0.3, 0.4) is 0 Å². The van der Waals surface area contributed by atoms with E-state index in [0.29, 0.717) is 12.5 Å². The quantitative estimate of drug-likeness (QED) is 0.635. The smallest absolute Gasteiger partial charge is 0.193 e. The number of aliphatic imine (C=N–C) groups is 1. The molecule has 0 unspecified atom stereocenters. The summed E-state index contributed by atoms with van der Waals surface area (Å²) in [6.45, 7) is 2.64. The molecule has 0 aliphatic rings. The van der Waals surface area contributed by atoms with Crippen molar-refractivity contribution in [1.82, 2.24) is 0 Å². The molecule has 0 atom stereocenters. The fourth-order valence-electron chi connectivity index (χ4n) is 2.19.